The largest absolute Gasteiger partial charge is 0.310 e. The monoisotopic (exact) mass is 742 g/mol. The summed E-state index contributed by atoms with van der Waals surface area (Å²) in [6.07, 6.45) is 0. The minimum absolute atomic E-state index is 1.11. The van der Waals surface area contributed by atoms with Crippen LogP contribution in [0.2, 0.25) is 0 Å². The quantitative estimate of drug-likeness (QED) is 0.159. The summed E-state index contributed by atoms with van der Waals surface area (Å²) in [5, 5.41) is 12.7. The van der Waals surface area contributed by atoms with E-state index in [0.717, 1.165) is 22.7 Å². The number of nitrogens with zero attached hydrogens (tertiary/aromatic N) is 2. The summed E-state index contributed by atoms with van der Waals surface area (Å²) < 4.78 is 5.06. The first kappa shape index (κ1) is 32.1. The maximum absolute atomic E-state index is 2.44. The summed E-state index contributed by atoms with van der Waals surface area (Å²) in [7, 11) is 0. The van der Waals surface area contributed by atoms with Crippen molar-refractivity contribution in [2.24, 2.45) is 0 Å². The fourth-order valence-corrected chi connectivity index (χ4v) is 10.1. The lowest BCUT2D eigenvalue weighted by atomic mass is 10.0. The Hall–Kier alpha value is -7.20. The summed E-state index contributed by atoms with van der Waals surface area (Å²) >= 11 is 1.86. The maximum atomic E-state index is 2.44. The van der Waals surface area contributed by atoms with Gasteiger partial charge in [-0.15, -0.1) is 11.3 Å². The topological polar surface area (TPSA) is 8.17 Å². The molecule has 2 nitrogen and oxygen atoms in total. The van der Waals surface area contributed by atoms with Crippen LogP contribution in [0.5, 0.6) is 0 Å². The van der Waals surface area contributed by atoms with E-state index in [-0.39, 0.29) is 0 Å². The Morgan fingerprint density at radius 2 is 0.912 bits per heavy atom. The van der Waals surface area contributed by atoms with Crippen molar-refractivity contribution >= 4 is 103 Å². The van der Waals surface area contributed by atoms with Gasteiger partial charge in [0.05, 0.1) is 11.0 Å². The van der Waals surface area contributed by atoms with Gasteiger partial charge in [-0.2, -0.15) is 0 Å². The van der Waals surface area contributed by atoms with Crippen molar-refractivity contribution in [2.45, 2.75) is 0 Å². The number of anilines is 3. The molecule has 0 saturated carbocycles. The van der Waals surface area contributed by atoms with Crippen LogP contribution >= 0.6 is 11.3 Å². The first-order chi connectivity index (χ1) is 28.2. The molecule has 266 valence electrons. The number of rotatable bonds is 5. The van der Waals surface area contributed by atoms with Crippen LogP contribution in [0.4, 0.5) is 17.1 Å². The predicted octanol–water partition coefficient (Wildman–Crippen LogP) is 15.7. The summed E-state index contributed by atoms with van der Waals surface area (Å²) in [5.74, 6) is 0. The zero-order valence-corrected chi connectivity index (χ0v) is 31.7. The van der Waals surface area contributed by atoms with Crippen molar-refractivity contribution in [2.75, 3.05) is 4.90 Å². The molecule has 0 saturated heterocycles. The molecule has 0 N–H and O–H groups in total. The molecule has 0 unspecified atom stereocenters. The lowest BCUT2D eigenvalue weighted by Crippen LogP contribution is -2.09. The van der Waals surface area contributed by atoms with Crippen molar-refractivity contribution in [3.63, 3.8) is 0 Å². The molecule has 0 fully saturated rings. The molecule has 0 radical (unpaired) electrons. The number of aromatic nitrogens is 1. The van der Waals surface area contributed by atoms with Crippen molar-refractivity contribution in [3.8, 4) is 16.8 Å². The molecule has 0 aliphatic carbocycles. The van der Waals surface area contributed by atoms with E-state index in [2.05, 4.69) is 216 Å². The van der Waals surface area contributed by atoms with Crippen LogP contribution in [-0.2, 0) is 0 Å². The first-order valence-electron chi connectivity index (χ1n) is 19.5. The maximum Gasteiger partial charge on any atom is 0.0619 e. The molecule has 0 bridgehead atoms. The first-order valence-corrected chi connectivity index (χ1v) is 20.3. The third-order valence-corrected chi connectivity index (χ3v) is 12.9. The van der Waals surface area contributed by atoms with Gasteiger partial charge in [0.25, 0.3) is 0 Å². The Morgan fingerprint density at radius 3 is 1.77 bits per heavy atom. The Morgan fingerprint density at radius 1 is 0.333 bits per heavy atom. The van der Waals surface area contributed by atoms with Crippen LogP contribution in [0.3, 0.4) is 0 Å². The van der Waals surface area contributed by atoms with Crippen LogP contribution in [0.15, 0.2) is 206 Å². The molecule has 12 rings (SSSR count). The minimum Gasteiger partial charge on any atom is -0.310 e. The third kappa shape index (κ3) is 5.10. The lowest BCUT2D eigenvalue weighted by molar-refractivity contribution is 1.19. The van der Waals surface area contributed by atoms with Crippen LogP contribution < -0.4 is 4.90 Å². The SMILES string of the molecule is c1ccc(-n2c3cc(-c4ccc(N(c5ccc6c(ccc7ccccc76)c5)c5ccc6sc7ccccc7c6c5)cc4)ccc3c3ccc4ccccc4c32)cc1. The van der Waals surface area contributed by atoms with Gasteiger partial charge >= 0.3 is 0 Å². The second-order valence-electron chi connectivity index (χ2n) is 14.9. The molecule has 0 spiro atoms. The molecule has 0 amide bonds. The highest BCUT2D eigenvalue weighted by atomic mass is 32.1. The molecule has 2 aromatic heterocycles. The molecule has 12 aromatic rings. The minimum atomic E-state index is 1.11. The van der Waals surface area contributed by atoms with Crippen LogP contribution in [0.25, 0.3) is 91.1 Å². The third-order valence-electron chi connectivity index (χ3n) is 11.7. The van der Waals surface area contributed by atoms with E-state index in [4.69, 9.17) is 0 Å². The van der Waals surface area contributed by atoms with Gasteiger partial charge in [-0.3, -0.25) is 0 Å². The Balaban J connectivity index is 1.02. The van der Waals surface area contributed by atoms with E-state index in [1.807, 2.05) is 11.3 Å². The molecule has 0 aliphatic rings. The van der Waals surface area contributed by atoms with E-state index in [9.17, 15) is 0 Å². The molecular formula is C54H34N2S. The summed E-state index contributed by atoms with van der Waals surface area (Å²) in [6, 6.07) is 75.8. The number of thiophene rings is 1. The highest BCUT2D eigenvalue weighted by Crippen LogP contribution is 2.43. The van der Waals surface area contributed by atoms with Crippen LogP contribution in [0, 0.1) is 0 Å². The lowest BCUT2D eigenvalue weighted by Gasteiger charge is -2.26. The smallest absolute Gasteiger partial charge is 0.0619 e. The van der Waals surface area contributed by atoms with Gasteiger partial charge in [0.2, 0.25) is 0 Å². The Bertz CT molecular complexity index is 3520. The van der Waals surface area contributed by atoms with E-state index >= 15 is 0 Å². The Labute approximate surface area is 333 Å². The number of hydrogen-bond donors (Lipinski definition) is 0. The highest BCUT2D eigenvalue weighted by molar-refractivity contribution is 7.25. The zero-order chi connectivity index (χ0) is 37.5. The molecule has 3 heteroatoms. The number of benzene rings is 10. The molecule has 0 atom stereocenters. The van der Waals surface area contributed by atoms with Gasteiger partial charge in [0.15, 0.2) is 0 Å². The summed E-state index contributed by atoms with van der Waals surface area (Å²) in [5.41, 5.74) is 9.37. The molecule has 57 heavy (non-hydrogen) atoms. The fraction of sp³-hybridized carbons (Fsp3) is 0. The van der Waals surface area contributed by atoms with Crippen LogP contribution in [0.1, 0.15) is 0 Å². The van der Waals surface area contributed by atoms with Gasteiger partial charge in [-0.05, 0) is 105 Å². The van der Waals surface area contributed by atoms with Gasteiger partial charge in [-0.25, -0.2) is 0 Å². The van der Waals surface area contributed by atoms with Crippen molar-refractivity contribution in [1.82, 2.24) is 4.57 Å². The normalized spacial score (nSPS) is 11.9. The zero-order valence-electron chi connectivity index (χ0n) is 30.9. The summed E-state index contributed by atoms with van der Waals surface area (Å²) in [6.45, 7) is 0. The van der Waals surface area contributed by atoms with Crippen LogP contribution in [-0.4, -0.2) is 4.57 Å². The number of para-hydroxylation sites is 1. The summed E-state index contributed by atoms with van der Waals surface area (Å²) in [4.78, 5) is 2.41. The van der Waals surface area contributed by atoms with Gasteiger partial charge in [-0.1, -0.05) is 140 Å². The second-order valence-corrected chi connectivity index (χ2v) is 16.0. The Kier molecular flexibility index (Phi) is 7.13. The number of hydrogen-bond acceptors (Lipinski definition) is 2. The molecule has 0 aliphatic heterocycles. The molecule has 10 aromatic carbocycles. The highest BCUT2D eigenvalue weighted by Gasteiger charge is 2.18. The van der Waals surface area contributed by atoms with E-state index in [1.165, 1.54) is 85.4 Å². The van der Waals surface area contributed by atoms with Crippen molar-refractivity contribution in [3.05, 3.63) is 206 Å². The predicted molar refractivity (Wildman–Crippen MR) is 246 cm³/mol. The van der Waals surface area contributed by atoms with Gasteiger partial charge < -0.3 is 9.47 Å². The van der Waals surface area contributed by atoms with E-state index in [0.29, 0.717) is 0 Å². The van der Waals surface area contributed by atoms with Crippen molar-refractivity contribution < 1.29 is 0 Å². The second kappa shape index (κ2) is 12.7. The van der Waals surface area contributed by atoms with Gasteiger partial charge in [0, 0.05) is 59.1 Å². The van der Waals surface area contributed by atoms with E-state index in [1.54, 1.807) is 0 Å². The standard InChI is InChI=1S/C54H34N2S/c1-2-12-40(13-3-1)56-51-33-38(23-28-47(51)49-29-22-37-11-5-7-15-46(37)54(49)56)35-20-24-41(25-21-35)55(43-27-31-53-50(34-43)48-16-8-9-17-52(48)57-53)42-26-30-45-39(32-42)19-18-36-10-4-6-14-44(36)45/h1-34H. The van der Waals surface area contributed by atoms with Crippen molar-refractivity contribution in [1.29, 1.82) is 0 Å². The molecular weight excluding hydrogens is 709 g/mol. The average molecular weight is 743 g/mol. The number of fused-ring (bicyclic) bond motifs is 11. The fourth-order valence-electron chi connectivity index (χ4n) is 9.05. The van der Waals surface area contributed by atoms with Gasteiger partial charge in [0.1, 0.15) is 0 Å². The van der Waals surface area contributed by atoms with E-state index < -0.39 is 0 Å². The molecule has 2 heterocycles. The average Bonchev–Trinajstić information content (AvgIpc) is 3.82.